The summed E-state index contributed by atoms with van der Waals surface area (Å²) < 4.78 is 0. The zero-order chi connectivity index (χ0) is 23.5. The first-order chi connectivity index (χ1) is 15.8. The largest absolute Gasteiger partial charge is 0.508 e. The Kier molecular flexibility index (Phi) is 6.05. The third-order valence-electron chi connectivity index (χ3n) is 5.04. The topological polar surface area (TPSA) is 149 Å². The Morgan fingerprint density at radius 3 is 2.45 bits per heavy atom. The fraction of sp³-hybridized carbons (Fsp3) is 0.136. The number of nitrogens with zero attached hydrogens (tertiary/aromatic N) is 2. The minimum absolute atomic E-state index is 0.0239. The normalized spacial score (nSPS) is 16.4. The highest BCUT2D eigenvalue weighted by atomic mass is 32.1. The molecule has 1 unspecified atom stereocenters. The molecule has 4 N–H and O–H groups in total. The van der Waals surface area contributed by atoms with Gasteiger partial charge in [-0.2, -0.15) is 0 Å². The number of thiazole rings is 1. The van der Waals surface area contributed by atoms with Crippen molar-refractivity contribution in [3.63, 3.8) is 0 Å². The first kappa shape index (κ1) is 22.0. The summed E-state index contributed by atoms with van der Waals surface area (Å²) in [5, 5.41) is 25.0. The minimum atomic E-state index is -1.24. The van der Waals surface area contributed by atoms with Crippen molar-refractivity contribution in [3.05, 3.63) is 76.8 Å². The van der Waals surface area contributed by atoms with Crippen molar-refractivity contribution in [1.29, 1.82) is 0 Å². The molecule has 1 aliphatic heterocycles. The molecule has 168 valence electrons. The number of nitrogens with one attached hydrogen (secondary N) is 2. The average molecular weight is 466 g/mol. The maximum absolute atomic E-state index is 13.2. The van der Waals surface area contributed by atoms with Crippen LogP contribution in [0.1, 0.15) is 27.7 Å². The van der Waals surface area contributed by atoms with Crippen molar-refractivity contribution in [1.82, 2.24) is 15.2 Å². The van der Waals surface area contributed by atoms with Crippen LogP contribution in [-0.4, -0.2) is 50.0 Å². The second-order valence-electron chi connectivity index (χ2n) is 7.22. The number of carbonyl (C=O) groups is 4. The van der Waals surface area contributed by atoms with Crippen LogP contribution in [0.4, 0.5) is 9.93 Å². The zero-order valence-electron chi connectivity index (χ0n) is 17.0. The van der Waals surface area contributed by atoms with E-state index in [1.54, 1.807) is 42.5 Å². The molecule has 0 bridgehead atoms. The van der Waals surface area contributed by atoms with Crippen molar-refractivity contribution in [2.24, 2.45) is 0 Å². The number of anilines is 1. The van der Waals surface area contributed by atoms with Gasteiger partial charge in [0.2, 0.25) is 5.91 Å². The average Bonchev–Trinajstić information content (AvgIpc) is 3.38. The lowest BCUT2D eigenvalue weighted by molar-refractivity contribution is -0.134. The standard InChI is InChI=1S/C22H18N4O6S/c27-14-8-6-12(7-9-14)10-16(18(28)25-21-23-15(11-33-21)20(30)31)26-19(29)17(24-22(26)32)13-4-2-1-3-5-13/h1-9,11,16-17,27H,10H2,(H,24,32)(H,30,31)(H,23,25,28)/t16?,17-/m0/s1. The second-order valence-corrected chi connectivity index (χ2v) is 8.08. The molecule has 0 saturated carbocycles. The molecule has 33 heavy (non-hydrogen) atoms. The molecule has 2 atom stereocenters. The van der Waals surface area contributed by atoms with E-state index in [2.05, 4.69) is 15.6 Å². The second kappa shape index (κ2) is 9.09. The number of amides is 4. The molecule has 1 aliphatic rings. The Morgan fingerprint density at radius 1 is 1.12 bits per heavy atom. The number of carbonyl (C=O) groups excluding carboxylic acids is 3. The third-order valence-corrected chi connectivity index (χ3v) is 5.79. The van der Waals surface area contributed by atoms with Gasteiger partial charge in [-0.15, -0.1) is 11.3 Å². The van der Waals surface area contributed by atoms with Gasteiger partial charge in [-0.05, 0) is 23.3 Å². The summed E-state index contributed by atoms with van der Waals surface area (Å²) in [6, 6.07) is 11.8. The first-order valence-corrected chi connectivity index (χ1v) is 10.7. The lowest BCUT2D eigenvalue weighted by Gasteiger charge is -2.24. The van der Waals surface area contributed by atoms with Crippen molar-refractivity contribution in [2.75, 3.05) is 5.32 Å². The van der Waals surface area contributed by atoms with Gasteiger partial charge in [0.05, 0.1) is 0 Å². The van der Waals surface area contributed by atoms with Gasteiger partial charge in [0.15, 0.2) is 10.8 Å². The number of rotatable bonds is 7. The van der Waals surface area contributed by atoms with E-state index in [1.165, 1.54) is 17.5 Å². The number of imide groups is 1. The summed E-state index contributed by atoms with van der Waals surface area (Å²) in [5.74, 6) is -2.50. The van der Waals surface area contributed by atoms with Crippen molar-refractivity contribution in [2.45, 2.75) is 18.5 Å². The molecule has 4 rings (SSSR count). The van der Waals surface area contributed by atoms with E-state index in [-0.39, 0.29) is 23.0 Å². The van der Waals surface area contributed by atoms with E-state index in [9.17, 15) is 24.3 Å². The van der Waals surface area contributed by atoms with Gasteiger partial charge in [-0.25, -0.2) is 19.5 Å². The zero-order valence-corrected chi connectivity index (χ0v) is 17.8. The van der Waals surface area contributed by atoms with E-state index in [0.717, 1.165) is 16.2 Å². The monoisotopic (exact) mass is 466 g/mol. The van der Waals surface area contributed by atoms with Crippen LogP contribution < -0.4 is 10.6 Å². The number of benzene rings is 2. The lowest BCUT2D eigenvalue weighted by Crippen LogP contribution is -2.49. The molecule has 10 nitrogen and oxygen atoms in total. The molecule has 1 aromatic heterocycles. The summed E-state index contributed by atoms with van der Waals surface area (Å²) >= 11 is 0.912. The van der Waals surface area contributed by atoms with Crippen LogP contribution in [0, 0.1) is 0 Å². The summed E-state index contributed by atoms with van der Waals surface area (Å²) in [6.07, 6.45) is -0.0239. The summed E-state index contributed by atoms with van der Waals surface area (Å²) in [4.78, 5) is 54.9. The smallest absolute Gasteiger partial charge is 0.355 e. The number of phenolic OH excluding ortho intramolecular Hbond substituents is 1. The van der Waals surface area contributed by atoms with Crippen LogP contribution in [0.25, 0.3) is 0 Å². The van der Waals surface area contributed by atoms with Gasteiger partial charge in [0, 0.05) is 11.8 Å². The Morgan fingerprint density at radius 2 is 1.82 bits per heavy atom. The van der Waals surface area contributed by atoms with E-state index in [1.807, 2.05) is 0 Å². The number of aromatic carboxylic acids is 1. The number of urea groups is 1. The molecule has 0 spiro atoms. The number of aromatic hydroxyl groups is 1. The number of aromatic nitrogens is 1. The Hall–Kier alpha value is -4.25. The molecular formula is C22H18N4O6S. The van der Waals surface area contributed by atoms with Crippen LogP contribution >= 0.6 is 11.3 Å². The number of carboxylic acids is 1. The molecular weight excluding hydrogens is 448 g/mol. The van der Waals surface area contributed by atoms with Crippen LogP contribution in [0.2, 0.25) is 0 Å². The lowest BCUT2D eigenvalue weighted by atomic mass is 10.0. The van der Waals surface area contributed by atoms with Crippen LogP contribution in [-0.2, 0) is 16.0 Å². The molecule has 2 aromatic carbocycles. The summed E-state index contributed by atoms with van der Waals surface area (Å²) in [6.45, 7) is 0. The summed E-state index contributed by atoms with van der Waals surface area (Å²) in [7, 11) is 0. The fourth-order valence-electron chi connectivity index (χ4n) is 3.44. The van der Waals surface area contributed by atoms with Gasteiger partial charge in [-0.3, -0.25) is 9.59 Å². The Balaban J connectivity index is 1.63. The number of phenols is 1. The molecule has 1 saturated heterocycles. The predicted molar refractivity (Wildman–Crippen MR) is 118 cm³/mol. The molecule has 11 heteroatoms. The number of hydrogen-bond acceptors (Lipinski definition) is 7. The van der Waals surface area contributed by atoms with Crippen LogP contribution in [0.5, 0.6) is 5.75 Å². The fourth-order valence-corrected chi connectivity index (χ4v) is 4.12. The Bertz CT molecular complexity index is 1210. The molecule has 4 amide bonds. The van der Waals surface area contributed by atoms with Crippen molar-refractivity contribution in [3.8, 4) is 5.75 Å². The number of hydrogen-bond donors (Lipinski definition) is 4. The maximum Gasteiger partial charge on any atom is 0.355 e. The summed E-state index contributed by atoms with van der Waals surface area (Å²) in [5.41, 5.74) is 0.944. The van der Waals surface area contributed by atoms with Crippen molar-refractivity contribution < 1.29 is 29.4 Å². The first-order valence-electron chi connectivity index (χ1n) is 9.79. The minimum Gasteiger partial charge on any atom is -0.508 e. The van der Waals surface area contributed by atoms with E-state index < -0.39 is 35.9 Å². The van der Waals surface area contributed by atoms with Gasteiger partial charge in [0.1, 0.15) is 17.8 Å². The van der Waals surface area contributed by atoms with E-state index in [0.29, 0.717) is 11.1 Å². The van der Waals surface area contributed by atoms with Crippen molar-refractivity contribution >= 4 is 40.3 Å². The van der Waals surface area contributed by atoms with Gasteiger partial charge >= 0.3 is 12.0 Å². The van der Waals surface area contributed by atoms with Gasteiger partial charge < -0.3 is 20.8 Å². The molecule has 2 heterocycles. The highest BCUT2D eigenvalue weighted by molar-refractivity contribution is 7.14. The molecule has 3 aromatic rings. The maximum atomic E-state index is 13.2. The van der Waals surface area contributed by atoms with E-state index >= 15 is 0 Å². The van der Waals surface area contributed by atoms with Crippen LogP contribution in [0.15, 0.2) is 60.0 Å². The van der Waals surface area contributed by atoms with Crippen LogP contribution in [0.3, 0.4) is 0 Å². The quantitative estimate of drug-likeness (QED) is 0.391. The highest BCUT2D eigenvalue weighted by Crippen LogP contribution is 2.26. The Labute approximate surface area is 191 Å². The molecule has 0 aliphatic carbocycles. The van der Waals surface area contributed by atoms with E-state index in [4.69, 9.17) is 5.11 Å². The predicted octanol–water partition coefficient (Wildman–Crippen LogP) is 2.39. The van der Waals surface area contributed by atoms with Gasteiger partial charge in [-0.1, -0.05) is 42.5 Å². The molecule has 1 fully saturated rings. The third kappa shape index (κ3) is 4.67. The SMILES string of the molecule is O=C(O)c1csc(NC(=O)C(Cc2ccc(O)cc2)N2C(=O)N[C@@H](c3ccccc3)C2=O)n1. The number of carboxylic acid groups (broad SMARTS) is 1. The van der Waals surface area contributed by atoms with Gasteiger partial charge in [0.25, 0.3) is 5.91 Å². The highest BCUT2D eigenvalue weighted by Gasteiger charge is 2.45. The molecule has 0 radical (unpaired) electrons.